The second-order valence-electron chi connectivity index (χ2n) is 6.60. The van der Waals surface area contributed by atoms with Crippen LogP contribution in [0.15, 0.2) is 24.3 Å². The van der Waals surface area contributed by atoms with E-state index < -0.39 is 27.4 Å². The molecule has 1 atom stereocenters. The number of nitrogens with two attached hydrogens (primary N) is 1. The minimum absolute atomic E-state index is 0.0281. The molecule has 0 aliphatic carbocycles. The first-order valence-electron chi connectivity index (χ1n) is 8.38. The highest BCUT2D eigenvalue weighted by molar-refractivity contribution is 7.92. The van der Waals surface area contributed by atoms with Crippen molar-refractivity contribution >= 4 is 38.2 Å². The number of anilines is 1. The van der Waals surface area contributed by atoms with Gasteiger partial charge in [0, 0.05) is 31.1 Å². The molecule has 2 aromatic rings. The minimum atomic E-state index is -3.62. The van der Waals surface area contributed by atoms with E-state index in [1.54, 1.807) is 31.3 Å². The van der Waals surface area contributed by atoms with E-state index in [1.807, 2.05) is 0 Å². The van der Waals surface area contributed by atoms with Crippen molar-refractivity contribution in [3.8, 4) is 22.4 Å². The van der Waals surface area contributed by atoms with E-state index in [2.05, 4.69) is 21.5 Å². The van der Waals surface area contributed by atoms with E-state index in [-0.39, 0.29) is 17.1 Å². The van der Waals surface area contributed by atoms with Crippen molar-refractivity contribution in [1.29, 1.82) is 0 Å². The number of carbonyl (C=O) groups excluding carboxylic acids is 2. The fourth-order valence-corrected chi connectivity index (χ4v) is 4.60. The summed E-state index contributed by atoms with van der Waals surface area (Å²) < 4.78 is 25.3. The number of nitrogens with zero attached hydrogens (tertiary/aromatic N) is 2. The van der Waals surface area contributed by atoms with Crippen LogP contribution in [0.3, 0.4) is 0 Å². The molecular formula is C18H18N4O5S2. The van der Waals surface area contributed by atoms with Crippen LogP contribution in [0.2, 0.25) is 0 Å². The van der Waals surface area contributed by atoms with Crippen molar-refractivity contribution in [3.05, 3.63) is 35.5 Å². The number of primary amides is 1. The topological polar surface area (TPSA) is 143 Å². The Morgan fingerprint density at radius 2 is 2.17 bits per heavy atom. The SMILES string of the molecule is CN1CC[C@@](O)(C#Cc2cccc(-c3nc(C(N)=O)c(NS(C)(=O)=O)s3)c2)C1=O. The summed E-state index contributed by atoms with van der Waals surface area (Å²) in [5.41, 5.74) is 4.50. The molecule has 11 heteroatoms. The van der Waals surface area contributed by atoms with Crippen molar-refractivity contribution in [2.75, 3.05) is 24.6 Å². The van der Waals surface area contributed by atoms with Crippen molar-refractivity contribution < 1.29 is 23.1 Å². The Kier molecular flexibility index (Phi) is 5.36. The smallest absolute Gasteiger partial charge is 0.270 e. The van der Waals surface area contributed by atoms with Gasteiger partial charge in [0.15, 0.2) is 5.69 Å². The molecule has 1 aromatic carbocycles. The maximum atomic E-state index is 12.0. The Morgan fingerprint density at radius 3 is 2.76 bits per heavy atom. The average molecular weight is 434 g/mol. The Bertz CT molecular complexity index is 1160. The van der Waals surface area contributed by atoms with Gasteiger partial charge in [0.1, 0.15) is 10.0 Å². The maximum Gasteiger partial charge on any atom is 0.270 e. The van der Waals surface area contributed by atoms with Crippen LogP contribution >= 0.6 is 11.3 Å². The molecule has 1 saturated heterocycles. The molecule has 1 aliphatic rings. The lowest BCUT2D eigenvalue weighted by Gasteiger charge is -2.13. The van der Waals surface area contributed by atoms with Gasteiger partial charge < -0.3 is 15.7 Å². The molecule has 2 amide bonds. The number of aromatic nitrogens is 1. The molecule has 152 valence electrons. The molecule has 1 aliphatic heterocycles. The number of nitrogens with one attached hydrogen (secondary N) is 1. The number of rotatable bonds is 4. The van der Waals surface area contributed by atoms with E-state index in [0.29, 0.717) is 22.7 Å². The fourth-order valence-electron chi connectivity index (χ4n) is 2.72. The molecule has 0 unspecified atom stereocenters. The molecule has 9 nitrogen and oxygen atoms in total. The van der Waals surface area contributed by atoms with Crippen LogP contribution in [0.5, 0.6) is 0 Å². The van der Waals surface area contributed by atoms with Gasteiger partial charge in [-0.05, 0) is 12.1 Å². The highest BCUT2D eigenvalue weighted by Crippen LogP contribution is 2.33. The molecule has 0 radical (unpaired) electrons. The Balaban J connectivity index is 1.95. The Labute approximate surface area is 171 Å². The molecule has 1 aromatic heterocycles. The number of benzene rings is 1. The highest BCUT2D eigenvalue weighted by atomic mass is 32.2. The largest absolute Gasteiger partial charge is 0.369 e. The molecule has 1 fully saturated rings. The van der Waals surface area contributed by atoms with Crippen molar-refractivity contribution in [1.82, 2.24) is 9.88 Å². The number of sulfonamides is 1. The highest BCUT2D eigenvalue weighted by Gasteiger charge is 2.42. The van der Waals surface area contributed by atoms with Crippen LogP contribution in [0, 0.1) is 11.8 Å². The minimum Gasteiger partial charge on any atom is -0.369 e. The van der Waals surface area contributed by atoms with Gasteiger partial charge >= 0.3 is 0 Å². The molecule has 3 rings (SSSR count). The van der Waals surface area contributed by atoms with E-state index >= 15 is 0 Å². The first kappa shape index (κ1) is 20.8. The molecule has 0 spiro atoms. The van der Waals surface area contributed by atoms with Gasteiger partial charge in [-0.3, -0.25) is 14.3 Å². The van der Waals surface area contributed by atoms with E-state index in [1.165, 1.54) is 4.90 Å². The zero-order valence-electron chi connectivity index (χ0n) is 15.6. The van der Waals surface area contributed by atoms with Gasteiger partial charge in [-0.15, -0.1) is 0 Å². The predicted octanol–water partition coefficient (Wildman–Crippen LogP) is 0.225. The number of hydrogen-bond donors (Lipinski definition) is 3. The summed E-state index contributed by atoms with van der Waals surface area (Å²) in [7, 11) is -2.02. The van der Waals surface area contributed by atoms with Crippen molar-refractivity contribution in [2.24, 2.45) is 5.73 Å². The molecule has 4 N–H and O–H groups in total. The summed E-state index contributed by atoms with van der Waals surface area (Å²) in [6.07, 6.45) is 1.18. The van der Waals surface area contributed by atoms with E-state index in [9.17, 15) is 23.1 Å². The second kappa shape index (κ2) is 7.47. The lowest BCUT2D eigenvalue weighted by molar-refractivity contribution is -0.137. The van der Waals surface area contributed by atoms with E-state index in [0.717, 1.165) is 17.6 Å². The number of amides is 2. The number of aliphatic hydroxyl groups is 1. The number of thiazole rings is 1. The van der Waals surface area contributed by atoms with Crippen molar-refractivity contribution in [2.45, 2.75) is 12.0 Å². The third-order valence-electron chi connectivity index (χ3n) is 4.17. The van der Waals surface area contributed by atoms with E-state index in [4.69, 9.17) is 5.73 Å². The summed E-state index contributed by atoms with van der Waals surface area (Å²) in [6, 6.07) is 6.76. The zero-order chi connectivity index (χ0) is 21.4. The third-order valence-corrected chi connectivity index (χ3v) is 5.90. The van der Waals surface area contributed by atoms with Gasteiger partial charge in [-0.25, -0.2) is 13.4 Å². The first-order valence-corrected chi connectivity index (χ1v) is 11.1. The summed E-state index contributed by atoms with van der Waals surface area (Å²) in [4.78, 5) is 29.2. The summed E-state index contributed by atoms with van der Waals surface area (Å²) >= 11 is 0.959. The quantitative estimate of drug-likeness (QED) is 0.588. The molecule has 0 bridgehead atoms. The second-order valence-corrected chi connectivity index (χ2v) is 9.35. The van der Waals surface area contributed by atoms with Crippen LogP contribution in [0.25, 0.3) is 10.6 Å². The van der Waals surface area contributed by atoms with Crippen LogP contribution < -0.4 is 10.5 Å². The standard InChI is InChI=1S/C18H18N4O5S2/c1-22-9-8-18(25,17(22)24)7-6-11-4-3-5-12(10-11)15-20-13(14(19)23)16(28-15)21-29(2,26)27/h3-5,10,21,25H,8-9H2,1-2H3,(H2,19,23)/t18-/m0/s1. The lowest BCUT2D eigenvalue weighted by Crippen LogP contribution is -2.37. The summed E-state index contributed by atoms with van der Waals surface area (Å²) in [5.74, 6) is 4.13. The summed E-state index contributed by atoms with van der Waals surface area (Å²) in [6.45, 7) is 0.426. The Morgan fingerprint density at radius 1 is 1.45 bits per heavy atom. The molecular weight excluding hydrogens is 416 g/mol. The molecule has 0 saturated carbocycles. The molecule has 2 heterocycles. The first-order chi connectivity index (χ1) is 13.5. The Hall–Kier alpha value is -2.94. The van der Waals surface area contributed by atoms with Gasteiger partial charge in [-0.2, -0.15) is 0 Å². The average Bonchev–Trinajstić information content (AvgIpc) is 3.16. The van der Waals surface area contributed by atoms with Crippen LogP contribution in [-0.2, 0) is 14.8 Å². The monoisotopic (exact) mass is 434 g/mol. The summed E-state index contributed by atoms with van der Waals surface area (Å²) in [5, 5.41) is 10.8. The van der Waals surface area contributed by atoms with Crippen LogP contribution in [0.1, 0.15) is 22.5 Å². The number of likely N-dealkylation sites (tertiary alicyclic amines) is 1. The normalized spacial score (nSPS) is 19.0. The fraction of sp³-hybridized carbons (Fsp3) is 0.278. The number of hydrogen-bond acceptors (Lipinski definition) is 7. The maximum absolute atomic E-state index is 12.0. The van der Waals surface area contributed by atoms with Gasteiger partial charge in [0.05, 0.1) is 6.26 Å². The van der Waals surface area contributed by atoms with Gasteiger partial charge in [-0.1, -0.05) is 35.3 Å². The number of carbonyl (C=O) groups is 2. The van der Waals surface area contributed by atoms with Crippen molar-refractivity contribution in [3.63, 3.8) is 0 Å². The molecule has 29 heavy (non-hydrogen) atoms. The van der Waals surface area contributed by atoms with Crippen LogP contribution in [-0.4, -0.2) is 60.7 Å². The number of likely N-dealkylation sites (N-methyl/N-ethyl adjacent to an activating group) is 1. The predicted molar refractivity (Wildman–Crippen MR) is 109 cm³/mol. The zero-order valence-corrected chi connectivity index (χ0v) is 17.2. The van der Waals surface area contributed by atoms with Crippen LogP contribution in [0.4, 0.5) is 5.00 Å². The van der Waals surface area contributed by atoms with Gasteiger partial charge in [0.25, 0.3) is 11.8 Å². The lowest BCUT2D eigenvalue weighted by atomic mass is 10.0. The third kappa shape index (κ3) is 4.56. The van der Waals surface area contributed by atoms with Gasteiger partial charge in [0.2, 0.25) is 15.6 Å².